The normalized spacial score (nSPS) is 22.8. The third kappa shape index (κ3) is 8.09. The molecule has 2 saturated heterocycles. The Kier molecular flexibility index (Phi) is 10.5. The molecule has 0 spiro atoms. The van der Waals surface area contributed by atoms with Gasteiger partial charge in [-0.1, -0.05) is 75.1 Å². The van der Waals surface area contributed by atoms with Gasteiger partial charge in [-0.15, -0.1) is 0 Å². The summed E-state index contributed by atoms with van der Waals surface area (Å²) >= 11 is 0. The summed E-state index contributed by atoms with van der Waals surface area (Å²) in [7, 11) is 0. The number of carboxylic acid groups (broad SMARTS) is 1. The summed E-state index contributed by atoms with van der Waals surface area (Å²) in [6, 6.07) is 16.2. The Bertz CT molecular complexity index is 1380. The van der Waals surface area contributed by atoms with Crippen molar-refractivity contribution < 1.29 is 29.1 Å². The van der Waals surface area contributed by atoms with Gasteiger partial charge in [0.15, 0.2) is 0 Å². The average Bonchev–Trinajstić information content (AvgIpc) is 3.62. The molecule has 0 unspecified atom stereocenters. The second-order valence-corrected chi connectivity index (χ2v) is 12.6. The second-order valence-electron chi connectivity index (χ2n) is 12.6. The number of rotatable bonds is 13. The number of benzene rings is 2. The molecule has 5 rings (SSSR count). The van der Waals surface area contributed by atoms with Gasteiger partial charge in [0.2, 0.25) is 17.7 Å². The fourth-order valence-corrected chi connectivity index (χ4v) is 6.45. The van der Waals surface area contributed by atoms with Gasteiger partial charge >= 0.3 is 5.97 Å². The van der Waals surface area contributed by atoms with E-state index in [9.17, 15) is 29.1 Å². The highest BCUT2D eigenvalue weighted by molar-refractivity contribution is 5.95. The van der Waals surface area contributed by atoms with Crippen LogP contribution in [0.3, 0.4) is 0 Å². The highest BCUT2D eigenvalue weighted by Gasteiger charge is 2.42. The van der Waals surface area contributed by atoms with Crippen molar-refractivity contribution in [2.45, 2.75) is 82.8 Å². The average molecular weight is 617 g/mol. The Balaban J connectivity index is 1.09. The van der Waals surface area contributed by atoms with Crippen LogP contribution in [0.5, 0.6) is 0 Å². The monoisotopic (exact) mass is 616 g/mol. The number of hydrogen-bond donors (Lipinski definition) is 2. The summed E-state index contributed by atoms with van der Waals surface area (Å²) in [6.07, 6.45) is 6.64. The van der Waals surface area contributed by atoms with Crippen molar-refractivity contribution in [2.75, 3.05) is 26.2 Å². The molecule has 2 aliphatic heterocycles. The van der Waals surface area contributed by atoms with Gasteiger partial charge < -0.3 is 25.1 Å². The number of nitrogens with one attached hydrogen (secondary N) is 1. The molecule has 0 aromatic heterocycles. The Morgan fingerprint density at radius 2 is 1.67 bits per heavy atom. The lowest BCUT2D eigenvalue weighted by Crippen LogP contribution is -2.60. The molecule has 3 aliphatic rings. The van der Waals surface area contributed by atoms with Gasteiger partial charge in [0.05, 0.1) is 12.5 Å². The molecular formula is C35H44N4O6. The number of carbonyl (C=O) groups is 5. The van der Waals surface area contributed by atoms with Crippen LogP contribution in [0.25, 0.3) is 0 Å². The maximum Gasteiger partial charge on any atom is 0.328 e. The lowest BCUT2D eigenvalue weighted by molar-refractivity contribution is -0.160. The topological polar surface area (TPSA) is 127 Å². The van der Waals surface area contributed by atoms with Crippen LogP contribution in [-0.4, -0.2) is 87.7 Å². The Hall–Kier alpha value is -4.21. The first-order chi connectivity index (χ1) is 21.7. The maximum absolute atomic E-state index is 13.2. The van der Waals surface area contributed by atoms with E-state index in [0.717, 1.165) is 37.7 Å². The third-order valence-electron chi connectivity index (χ3n) is 9.29. The molecule has 0 bridgehead atoms. The van der Waals surface area contributed by atoms with Crippen LogP contribution in [0.4, 0.5) is 0 Å². The molecule has 2 aromatic carbocycles. The van der Waals surface area contributed by atoms with Gasteiger partial charge in [-0.2, -0.15) is 0 Å². The Morgan fingerprint density at radius 3 is 2.38 bits per heavy atom. The number of hydrogen-bond acceptors (Lipinski definition) is 5. The molecule has 2 N–H and O–H groups in total. The number of aliphatic carboxylic acids is 1. The van der Waals surface area contributed by atoms with Gasteiger partial charge in [-0.05, 0) is 42.5 Å². The third-order valence-corrected chi connectivity index (χ3v) is 9.29. The molecule has 1 aliphatic carbocycles. The Labute approximate surface area is 264 Å². The zero-order valence-electron chi connectivity index (χ0n) is 26.0. The minimum Gasteiger partial charge on any atom is -0.480 e. The Morgan fingerprint density at radius 1 is 0.933 bits per heavy atom. The maximum atomic E-state index is 13.2. The molecule has 2 aromatic rings. The van der Waals surface area contributed by atoms with Gasteiger partial charge in [0.1, 0.15) is 12.6 Å². The van der Waals surface area contributed by atoms with E-state index in [1.165, 1.54) is 15.4 Å². The van der Waals surface area contributed by atoms with Crippen molar-refractivity contribution in [1.29, 1.82) is 0 Å². The van der Waals surface area contributed by atoms with Crippen molar-refractivity contribution in [1.82, 2.24) is 20.0 Å². The summed E-state index contributed by atoms with van der Waals surface area (Å²) in [5.74, 6) is -1.73. The van der Waals surface area contributed by atoms with E-state index in [1.807, 2.05) is 18.2 Å². The molecule has 10 nitrogen and oxygen atoms in total. The molecule has 4 atom stereocenters. The lowest BCUT2D eigenvalue weighted by Gasteiger charge is -2.39. The van der Waals surface area contributed by atoms with Gasteiger partial charge in [-0.3, -0.25) is 19.2 Å². The van der Waals surface area contributed by atoms with E-state index in [1.54, 1.807) is 29.2 Å². The SMILES string of the molecule is CCCCCCCC(=O)N1CC(=O)N(Cc2ccc(C(=O)N3CC[C@H](C(=O)N[C@H]4C[C@@H]4c4ccccc4)C3)cc2)C[C@@H]1C(=O)O. The fraction of sp³-hybridized carbons (Fsp3) is 0.514. The first-order valence-electron chi connectivity index (χ1n) is 16.3. The smallest absolute Gasteiger partial charge is 0.328 e. The van der Waals surface area contributed by atoms with Crippen LogP contribution in [0.15, 0.2) is 54.6 Å². The van der Waals surface area contributed by atoms with E-state index < -0.39 is 12.0 Å². The van der Waals surface area contributed by atoms with Crippen LogP contribution in [0.1, 0.15) is 85.7 Å². The predicted molar refractivity (Wildman–Crippen MR) is 168 cm³/mol. The quantitative estimate of drug-likeness (QED) is 0.330. The van der Waals surface area contributed by atoms with E-state index in [2.05, 4.69) is 24.4 Å². The largest absolute Gasteiger partial charge is 0.480 e. The number of piperazine rings is 1. The summed E-state index contributed by atoms with van der Waals surface area (Å²) in [5.41, 5.74) is 2.49. The van der Waals surface area contributed by atoms with Gasteiger partial charge in [0.25, 0.3) is 5.91 Å². The van der Waals surface area contributed by atoms with Gasteiger partial charge in [0, 0.05) is 43.6 Å². The first kappa shape index (κ1) is 32.2. The molecule has 3 fully saturated rings. The zero-order valence-corrected chi connectivity index (χ0v) is 26.0. The molecule has 0 radical (unpaired) electrons. The second kappa shape index (κ2) is 14.7. The van der Waals surface area contributed by atoms with Crippen LogP contribution >= 0.6 is 0 Å². The highest BCUT2D eigenvalue weighted by atomic mass is 16.4. The number of likely N-dealkylation sites (tertiary alicyclic amines) is 1. The summed E-state index contributed by atoms with van der Waals surface area (Å²) in [4.78, 5) is 68.2. The van der Waals surface area contributed by atoms with Crippen LogP contribution in [0, 0.1) is 5.92 Å². The minimum atomic E-state index is -1.13. The van der Waals surface area contributed by atoms with Crippen molar-refractivity contribution in [3.8, 4) is 0 Å². The van der Waals surface area contributed by atoms with Gasteiger partial charge in [-0.25, -0.2) is 4.79 Å². The summed E-state index contributed by atoms with van der Waals surface area (Å²) in [6.45, 7) is 2.86. The van der Waals surface area contributed by atoms with Crippen molar-refractivity contribution in [2.24, 2.45) is 5.92 Å². The van der Waals surface area contributed by atoms with Crippen molar-refractivity contribution in [3.05, 3.63) is 71.3 Å². The van der Waals surface area contributed by atoms with Crippen LogP contribution in [0.2, 0.25) is 0 Å². The number of unbranched alkanes of at least 4 members (excludes halogenated alkanes) is 4. The van der Waals surface area contributed by atoms with E-state index in [0.29, 0.717) is 37.4 Å². The number of amides is 4. The van der Waals surface area contributed by atoms with E-state index in [4.69, 9.17) is 0 Å². The molecule has 4 amide bonds. The fourth-order valence-electron chi connectivity index (χ4n) is 6.45. The van der Waals surface area contributed by atoms with Crippen molar-refractivity contribution in [3.63, 3.8) is 0 Å². The lowest BCUT2D eigenvalue weighted by atomic mass is 10.1. The first-order valence-corrected chi connectivity index (χ1v) is 16.3. The molecule has 240 valence electrons. The molecular weight excluding hydrogens is 572 g/mol. The van der Waals surface area contributed by atoms with Crippen LogP contribution in [-0.2, 0) is 25.7 Å². The highest BCUT2D eigenvalue weighted by Crippen LogP contribution is 2.41. The minimum absolute atomic E-state index is 0.00202. The van der Waals surface area contributed by atoms with Crippen LogP contribution < -0.4 is 5.32 Å². The predicted octanol–water partition coefficient (Wildman–Crippen LogP) is 3.81. The number of carbonyl (C=O) groups excluding carboxylic acids is 4. The molecule has 1 saturated carbocycles. The van der Waals surface area contributed by atoms with E-state index in [-0.39, 0.29) is 61.6 Å². The number of nitrogens with zero attached hydrogens (tertiary/aromatic N) is 3. The molecule has 10 heteroatoms. The molecule has 45 heavy (non-hydrogen) atoms. The van der Waals surface area contributed by atoms with E-state index >= 15 is 0 Å². The summed E-state index contributed by atoms with van der Waals surface area (Å²) < 4.78 is 0. The molecule has 2 heterocycles. The summed E-state index contributed by atoms with van der Waals surface area (Å²) in [5, 5.41) is 13.0. The number of carboxylic acids is 1. The standard InChI is InChI=1S/C35H44N4O6/c1-2-3-4-5-9-12-31(40)39-23-32(41)38(22-30(39)35(44)45)20-24-13-15-26(16-14-24)34(43)37-18-17-27(21-37)33(42)36-29-19-28(29)25-10-7-6-8-11-25/h6-8,10-11,13-16,27-30H,2-5,9,12,17-23H2,1H3,(H,36,42)(H,44,45)/t27-,28+,29-,30+/m0/s1. The van der Waals surface area contributed by atoms with Crippen molar-refractivity contribution >= 4 is 29.6 Å². The zero-order chi connectivity index (χ0) is 31.9.